The molecule has 1 saturated heterocycles. The predicted molar refractivity (Wildman–Crippen MR) is 36.7 cm³/mol. The van der Waals surface area contributed by atoms with Crippen molar-refractivity contribution in [3.63, 3.8) is 0 Å². The van der Waals surface area contributed by atoms with Crippen molar-refractivity contribution in [3.05, 3.63) is 0 Å². The normalized spacial score (nSPS) is 49.2. The van der Waals surface area contributed by atoms with Gasteiger partial charge in [-0.05, 0) is 0 Å². The Labute approximate surface area is 69.2 Å². The Morgan fingerprint density at radius 1 is 1.17 bits per heavy atom. The molecule has 1 fully saturated rings. The van der Waals surface area contributed by atoms with Crippen LogP contribution in [0, 0.1) is 0 Å². The van der Waals surface area contributed by atoms with Gasteiger partial charge in [0.15, 0.2) is 6.04 Å². The summed E-state index contributed by atoms with van der Waals surface area (Å²) in [6, 6.07) is -0.789. The van der Waals surface area contributed by atoms with Gasteiger partial charge >= 0.3 is 0 Å². The minimum atomic E-state index is -1.24. The highest BCUT2D eigenvalue weighted by atomic mass is 16.6. The number of quaternary nitrogens is 1. The second-order valence-electron chi connectivity index (χ2n) is 2.89. The number of rotatable bonds is 1. The van der Waals surface area contributed by atoms with Gasteiger partial charge in [0.25, 0.3) is 0 Å². The summed E-state index contributed by atoms with van der Waals surface area (Å²) in [5.74, 6) is 0. The van der Waals surface area contributed by atoms with Crippen molar-refractivity contribution in [3.8, 4) is 0 Å². The van der Waals surface area contributed by atoms with Crippen molar-refractivity contribution in [2.45, 2.75) is 30.6 Å². The van der Waals surface area contributed by atoms with Crippen LogP contribution in [0.25, 0.3) is 0 Å². The van der Waals surface area contributed by atoms with Crippen LogP contribution in [0.1, 0.15) is 0 Å². The fourth-order valence-electron chi connectivity index (χ4n) is 1.15. The van der Waals surface area contributed by atoms with Gasteiger partial charge in [0, 0.05) is 0 Å². The molecule has 5 atom stereocenters. The second-order valence-corrected chi connectivity index (χ2v) is 2.89. The van der Waals surface area contributed by atoms with Gasteiger partial charge < -0.3 is 30.9 Å². The molecule has 0 aromatic carbocycles. The van der Waals surface area contributed by atoms with E-state index in [0.717, 1.165) is 0 Å². The van der Waals surface area contributed by atoms with Crippen LogP contribution in [-0.4, -0.2) is 57.7 Å². The lowest BCUT2D eigenvalue weighted by atomic mass is 9.98. The molecule has 0 amide bonds. The van der Waals surface area contributed by atoms with E-state index in [0.29, 0.717) is 0 Å². The largest absolute Gasteiger partial charge is 0.394 e. The molecule has 1 aliphatic heterocycles. The lowest BCUT2D eigenvalue weighted by Gasteiger charge is -2.36. The first kappa shape index (κ1) is 9.85. The first-order chi connectivity index (χ1) is 5.57. The first-order valence-corrected chi connectivity index (χ1v) is 3.71. The summed E-state index contributed by atoms with van der Waals surface area (Å²) in [7, 11) is 0. The van der Waals surface area contributed by atoms with E-state index in [2.05, 4.69) is 5.73 Å². The average molecular weight is 180 g/mol. The minimum absolute atomic E-state index is 0.442. The Morgan fingerprint density at radius 3 is 2.25 bits per heavy atom. The lowest BCUT2D eigenvalue weighted by molar-refractivity contribution is -0.497. The fraction of sp³-hybridized carbons (Fsp3) is 1.00. The monoisotopic (exact) mass is 180 g/mol. The molecule has 0 bridgehead atoms. The number of hydrogen-bond acceptors (Lipinski definition) is 5. The number of ether oxygens (including phenoxy) is 1. The van der Waals surface area contributed by atoms with Crippen LogP contribution in [0.2, 0.25) is 0 Å². The van der Waals surface area contributed by atoms with Gasteiger partial charge in [-0.3, -0.25) is 0 Å². The Kier molecular flexibility index (Phi) is 2.99. The van der Waals surface area contributed by atoms with E-state index in [4.69, 9.17) is 14.9 Å². The third-order valence-electron chi connectivity index (χ3n) is 2.03. The van der Waals surface area contributed by atoms with E-state index in [9.17, 15) is 10.2 Å². The van der Waals surface area contributed by atoms with E-state index < -0.39 is 37.3 Å². The molecule has 12 heavy (non-hydrogen) atoms. The van der Waals surface area contributed by atoms with Crippen molar-refractivity contribution in [1.82, 2.24) is 0 Å². The standard InChI is InChI=1S/C6H13NO5/c7-3-5(10)4(9)2(1-8)12-6(3)11/h2-6,8-11H,1,7H2/p+1/t2-,3-,4-,5+,6-/m1/s1. The minimum Gasteiger partial charge on any atom is -0.394 e. The quantitative estimate of drug-likeness (QED) is 0.282. The molecule has 1 heterocycles. The summed E-state index contributed by atoms with van der Waals surface area (Å²) in [6.07, 6.45) is -4.53. The maximum atomic E-state index is 9.25. The molecule has 0 spiro atoms. The van der Waals surface area contributed by atoms with Crippen molar-refractivity contribution < 1.29 is 30.9 Å². The summed E-state index contributed by atoms with van der Waals surface area (Å²) in [5.41, 5.74) is 3.41. The summed E-state index contributed by atoms with van der Waals surface area (Å²) >= 11 is 0. The highest BCUT2D eigenvalue weighted by Crippen LogP contribution is 2.16. The molecule has 72 valence electrons. The first-order valence-electron chi connectivity index (χ1n) is 3.71. The number of aliphatic hydroxyl groups excluding tert-OH is 4. The molecule has 0 aliphatic carbocycles. The molecule has 7 N–H and O–H groups in total. The van der Waals surface area contributed by atoms with Crippen LogP contribution in [0.15, 0.2) is 0 Å². The van der Waals surface area contributed by atoms with Crippen LogP contribution < -0.4 is 5.73 Å². The summed E-state index contributed by atoms with van der Waals surface area (Å²) in [5, 5.41) is 36.3. The van der Waals surface area contributed by atoms with Gasteiger partial charge in [-0.2, -0.15) is 0 Å². The molecule has 0 unspecified atom stereocenters. The zero-order valence-corrected chi connectivity index (χ0v) is 6.50. The van der Waals surface area contributed by atoms with Gasteiger partial charge in [-0.15, -0.1) is 0 Å². The van der Waals surface area contributed by atoms with Crippen LogP contribution in [-0.2, 0) is 4.74 Å². The van der Waals surface area contributed by atoms with E-state index >= 15 is 0 Å². The third kappa shape index (κ3) is 1.58. The zero-order chi connectivity index (χ0) is 9.30. The molecule has 6 nitrogen and oxygen atoms in total. The highest BCUT2D eigenvalue weighted by Gasteiger charge is 2.43. The van der Waals surface area contributed by atoms with Crippen LogP contribution in [0.4, 0.5) is 0 Å². The van der Waals surface area contributed by atoms with Crippen molar-refractivity contribution in [1.29, 1.82) is 0 Å². The number of hydrogen-bond donors (Lipinski definition) is 5. The number of aliphatic hydroxyl groups is 4. The van der Waals surface area contributed by atoms with Gasteiger partial charge in [0.05, 0.1) is 6.61 Å². The van der Waals surface area contributed by atoms with E-state index in [1.54, 1.807) is 0 Å². The van der Waals surface area contributed by atoms with Crippen molar-refractivity contribution in [2.75, 3.05) is 6.61 Å². The molecule has 1 rings (SSSR count). The molecule has 6 heteroatoms. The summed E-state index contributed by atoms with van der Waals surface area (Å²) < 4.78 is 4.76. The Bertz CT molecular complexity index is 150. The fourth-order valence-corrected chi connectivity index (χ4v) is 1.15. The summed E-state index contributed by atoms with van der Waals surface area (Å²) in [6.45, 7) is -0.442. The zero-order valence-electron chi connectivity index (χ0n) is 6.50. The molecule has 1 aliphatic rings. The van der Waals surface area contributed by atoms with Gasteiger partial charge in [-0.1, -0.05) is 0 Å². The van der Waals surface area contributed by atoms with Crippen molar-refractivity contribution in [2.24, 2.45) is 0 Å². The Hall–Kier alpha value is -0.240. The van der Waals surface area contributed by atoms with Gasteiger partial charge in [0.2, 0.25) is 6.29 Å². The average Bonchev–Trinajstić information content (AvgIpc) is 2.08. The second kappa shape index (κ2) is 3.65. The smallest absolute Gasteiger partial charge is 0.211 e. The third-order valence-corrected chi connectivity index (χ3v) is 2.03. The van der Waals surface area contributed by atoms with Crippen LogP contribution in [0.3, 0.4) is 0 Å². The molecular weight excluding hydrogens is 166 g/mol. The maximum absolute atomic E-state index is 9.25. The van der Waals surface area contributed by atoms with E-state index in [1.807, 2.05) is 0 Å². The highest BCUT2D eigenvalue weighted by molar-refractivity contribution is 4.87. The Morgan fingerprint density at radius 2 is 1.75 bits per heavy atom. The SMILES string of the molecule is [NH3+][C@@H]1[C@H](O)[C@H](O)[C@@H](CO)O[C@H]1O. The summed E-state index contributed by atoms with van der Waals surface area (Å²) in [4.78, 5) is 0. The Balaban J connectivity index is 2.63. The van der Waals surface area contributed by atoms with Gasteiger partial charge in [0.1, 0.15) is 18.3 Å². The molecular formula is C6H14NO5+. The van der Waals surface area contributed by atoms with Gasteiger partial charge in [-0.25, -0.2) is 0 Å². The van der Waals surface area contributed by atoms with Crippen LogP contribution >= 0.6 is 0 Å². The van der Waals surface area contributed by atoms with E-state index in [1.165, 1.54) is 0 Å². The molecule has 0 radical (unpaired) electrons. The van der Waals surface area contributed by atoms with E-state index in [-0.39, 0.29) is 0 Å². The molecule has 0 saturated carbocycles. The molecule has 0 aromatic heterocycles. The topological polar surface area (TPSA) is 118 Å². The predicted octanol–water partition coefficient (Wildman–Crippen LogP) is -3.97. The lowest BCUT2D eigenvalue weighted by Crippen LogP contribution is -2.77. The van der Waals surface area contributed by atoms with Crippen molar-refractivity contribution >= 4 is 0 Å². The maximum Gasteiger partial charge on any atom is 0.211 e. The molecule has 0 aromatic rings. The van der Waals surface area contributed by atoms with Crippen LogP contribution in [0.5, 0.6) is 0 Å².